The van der Waals surface area contributed by atoms with Crippen LogP contribution in [-0.2, 0) is 4.79 Å². The van der Waals surface area contributed by atoms with Crippen molar-refractivity contribution in [1.29, 1.82) is 0 Å². The maximum Gasteiger partial charge on any atom is 0.255 e. The van der Waals surface area contributed by atoms with Gasteiger partial charge in [0.2, 0.25) is 5.91 Å². The molecule has 1 aliphatic carbocycles. The summed E-state index contributed by atoms with van der Waals surface area (Å²) in [6.07, 6.45) is 6.64. The van der Waals surface area contributed by atoms with Crippen molar-refractivity contribution < 1.29 is 9.59 Å². The molecule has 0 bridgehead atoms. The van der Waals surface area contributed by atoms with Crippen LogP contribution in [-0.4, -0.2) is 42.9 Å². The van der Waals surface area contributed by atoms with Gasteiger partial charge >= 0.3 is 0 Å². The minimum absolute atomic E-state index is 0.0378. The van der Waals surface area contributed by atoms with Gasteiger partial charge in [0.25, 0.3) is 5.91 Å². The monoisotopic (exact) mass is 365 g/mol. The maximum absolute atomic E-state index is 12.7. The van der Waals surface area contributed by atoms with Gasteiger partial charge in [-0.3, -0.25) is 9.59 Å². The molecule has 2 amide bonds. The Hall–Kier alpha value is -1.75. The zero-order valence-corrected chi connectivity index (χ0v) is 15.9. The molecule has 1 fully saturated rings. The van der Waals surface area contributed by atoms with Gasteiger partial charge in [0.05, 0.1) is 17.1 Å². The molecule has 1 aliphatic rings. The lowest BCUT2D eigenvalue weighted by Gasteiger charge is -2.31. The number of nitrogens with zero attached hydrogens (tertiary/aromatic N) is 1. The van der Waals surface area contributed by atoms with Crippen LogP contribution in [0.2, 0.25) is 5.02 Å². The second-order valence-electron chi connectivity index (χ2n) is 6.61. The van der Waals surface area contributed by atoms with Gasteiger partial charge < -0.3 is 15.5 Å². The Labute approximate surface area is 155 Å². The smallest absolute Gasteiger partial charge is 0.255 e. The normalized spacial score (nSPS) is 14.8. The molecule has 0 aromatic heterocycles. The van der Waals surface area contributed by atoms with Crippen LogP contribution in [0.15, 0.2) is 18.2 Å². The van der Waals surface area contributed by atoms with Gasteiger partial charge in [-0.15, -0.1) is 0 Å². The highest BCUT2D eigenvalue weighted by Crippen LogP contribution is 2.26. The molecule has 1 aromatic rings. The molecule has 0 spiro atoms. The molecular formula is C19H28ClN3O2. The Morgan fingerprint density at radius 2 is 1.96 bits per heavy atom. The average molecular weight is 366 g/mol. The average Bonchev–Trinajstić information content (AvgIpc) is 2.64. The number of hydrogen-bond acceptors (Lipinski definition) is 3. The van der Waals surface area contributed by atoms with Crippen molar-refractivity contribution >= 4 is 29.1 Å². The molecule has 0 aliphatic heterocycles. The SMILES string of the molecule is CCCNC(=O)CNc1ccc(C(=O)N(C)C2CCCCC2)c(Cl)c1. The zero-order chi connectivity index (χ0) is 18.2. The summed E-state index contributed by atoms with van der Waals surface area (Å²) >= 11 is 6.32. The lowest BCUT2D eigenvalue weighted by Crippen LogP contribution is -2.38. The third-order valence-electron chi connectivity index (χ3n) is 4.67. The lowest BCUT2D eigenvalue weighted by atomic mass is 9.94. The first-order valence-corrected chi connectivity index (χ1v) is 9.48. The number of anilines is 1. The Bertz CT molecular complexity index is 600. The summed E-state index contributed by atoms with van der Waals surface area (Å²) in [7, 11) is 1.86. The van der Waals surface area contributed by atoms with E-state index in [2.05, 4.69) is 10.6 Å². The molecule has 0 atom stereocenters. The van der Waals surface area contributed by atoms with Crippen molar-refractivity contribution in [2.75, 3.05) is 25.5 Å². The van der Waals surface area contributed by atoms with E-state index < -0.39 is 0 Å². The summed E-state index contributed by atoms with van der Waals surface area (Å²) in [6, 6.07) is 5.53. The largest absolute Gasteiger partial charge is 0.376 e. The molecule has 25 heavy (non-hydrogen) atoms. The van der Waals surface area contributed by atoms with E-state index in [9.17, 15) is 9.59 Å². The van der Waals surface area contributed by atoms with Crippen LogP contribution in [0.4, 0.5) is 5.69 Å². The fraction of sp³-hybridized carbons (Fsp3) is 0.579. The van der Waals surface area contributed by atoms with E-state index in [4.69, 9.17) is 11.6 Å². The van der Waals surface area contributed by atoms with Crippen molar-refractivity contribution in [2.45, 2.75) is 51.5 Å². The number of benzene rings is 1. The first-order valence-electron chi connectivity index (χ1n) is 9.10. The standard InChI is InChI=1S/C19H28ClN3O2/c1-3-11-21-18(24)13-22-14-9-10-16(17(20)12-14)19(25)23(2)15-7-5-4-6-8-15/h9-10,12,15,22H,3-8,11,13H2,1-2H3,(H,21,24). The predicted molar refractivity (Wildman–Crippen MR) is 102 cm³/mol. The maximum atomic E-state index is 12.7. The van der Waals surface area contributed by atoms with Crippen molar-refractivity contribution in [2.24, 2.45) is 0 Å². The van der Waals surface area contributed by atoms with E-state index in [-0.39, 0.29) is 18.4 Å². The predicted octanol–water partition coefficient (Wildman–Crippen LogP) is 3.68. The summed E-state index contributed by atoms with van der Waals surface area (Å²) in [6.45, 7) is 2.86. The number of amides is 2. The molecule has 0 saturated heterocycles. The molecular weight excluding hydrogens is 338 g/mol. The number of hydrogen-bond donors (Lipinski definition) is 2. The van der Waals surface area contributed by atoms with Crippen LogP contribution in [0.1, 0.15) is 55.8 Å². The lowest BCUT2D eigenvalue weighted by molar-refractivity contribution is -0.119. The number of carbonyl (C=O) groups is 2. The second-order valence-corrected chi connectivity index (χ2v) is 7.01. The minimum Gasteiger partial charge on any atom is -0.376 e. The van der Waals surface area contributed by atoms with Gasteiger partial charge in [0, 0.05) is 25.3 Å². The van der Waals surface area contributed by atoms with Crippen LogP contribution in [0.25, 0.3) is 0 Å². The molecule has 2 N–H and O–H groups in total. The Kier molecular flexibility index (Phi) is 7.56. The van der Waals surface area contributed by atoms with Crippen LogP contribution < -0.4 is 10.6 Å². The van der Waals surface area contributed by atoms with E-state index in [0.29, 0.717) is 23.2 Å². The summed E-state index contributed by atoms with van der Waals surface area (Å²) in [5, 5.41) is 6.24. The van der Waals surface area contributed by atoms with Crippen molar-refractivity contribution in [3.63, 3.8) is 0 Å². The molecule has 6 heteroatoms. The van der Waals surface area contributed by atoms with Crippen LogP contribution >= 0.6 is 11.6 Å². The molecule has 5 nitrogen and oxygen atoms in total. The van der Waals surface area contributed by atoms with E-state index in [0.717, 1.165) is 24.9 Å². The highest BCUT2D eigenvalue weighted by atomic mass is 35.5. The van der Waals surface area contributed by atoms with Crippen LogP contribution in [0.5, 0.6) is 0 Å². The number of nitrogens with one attached hydrogen (secondary N) is 2. The summed E-state index contributed by atoms with van der Waals surface area (Å²) in [5.41, 5.74) is 1.24. The zero-order valence-electron chi connectivity index (χ0n) is 15.1. The summed E-state index contributed by atoms with van der Waals surface area (Å²) in [5.74, 6) is -0.0979. The van der Waals surface area contributed by atoms with Crippen LogP contribution in [0, 0.1) is 0 Å². The van der Waals surface area contributed by atoms with E-state index in [1.807, 2.05) is 18.9 Å². The quantitative estimate of drug-likeness (QED) is 0.774. The molecule has 1 aromatic carbocycles. The van der Waals surface area contributed by atoms with Gasteiger partial charge in [-0.1, -0.05) is 37.8 Å². The van der Waals surface area contributed by atoms with E-state index in [1.165, 1.54) is 19.3 Å². The molecule has 138 valence electrons. The van der Waals surface area contributed by atoms with E-state index in [1.54, 1.807) is 18.2 Å². The van der Waals surface area contributed by atoms with Gasteiger partial charge in [0.1, 0.15) is 0 Å². The molecule has 2 rings (SSSR count). The van der Waals surface area contributed by atoms with Gasteiger partial charge in [-0.05, 0) is 37.5 Å². The Morgan fingerprint density at radius 1 is 1.24 bits per heavy atom. The van der Waals surface area contributed by atoms with Crippen LogP contribution in [0.3, 0.4) is 0 Å². The first-order chi connectivity index (χ1) is 12.0. The molecule has 0 radical (unpaired) electrons. The number of rotatable bonds is 7. The number of carbonyl (C=O) groups excluding carboxylic acids is 2. The fourth-order valence-corrected chi connectivity index (χ4v) is 3.39. The highest BCUT2D eigenvalue weighted by molar-refractivity contribution is 6.34. The minimum atomic E-state index is -0.0600. The van der Waals surface area contributed by atoms with Gasteiger partial charge in [0.15, 0.2) is 0 Å². The van der Waals surface area contributed by atoms with Crippen molar-refractivity contribution in [3.8, 4) is 0 Å². The van der Waals surface area contributed by atoms with Crippen molar-refractivity contribution in [1.82, 2.24) is 10.2 Å². The van der Waals surface area contributed by atoms with Gasteiger partial charge in [-0.25, -0.2) is 0 Å². The molecule has 0 heterocycles. The van der Waals surface area contributed by atoms with Crippen molar-refractivity contribution in [3.05, 3.63) is 28.8 Å². The third-order valence-corrected chi connectivity index (χ3v) is 4.98. The third kappa shape index (κ3) is 5.63. The highest BCUT2D eigenvalue weighted by Gasteiger charge is 2.24. The first kappa shape index (κ1) is 19.6. The van der Waals surface area contributed by atoms with Gasteiger partial charge in [-0.2, -0.15) is 0 Å². The number of halogens is 1. The second kappa shape index (κ2) is 9.66. The van der Waals surface area contributed by atoms with E-state index >= 15 is 0 Å². The fourth-order valence-electron chi connectivity index (χ4n) is 3.13. The topological polar surface area (TPSA) is 61.4 Å². The molecule has 1 saturated carbocycles. The summed E-state index contributed by atoms with van der Waals surface area (Å²) < 4.78 is 0. The summed E-state index contributed by atoms with van der Waals surface area (Å²) in [4.78, 5) is 26.2. The Morgan fingerprint density at radius 3 is 2.60 bits per heavy atom. The Balaban J connectivity index is 1.96. The molecule has 0 unspecified atom stereocenters.